The molecule has 238 valence electrons. The van der Waals surface area contributed by atoms with Crippen LogP contribution in [0, 0.1) is 5.92 Å². The van der Waals surface area contributed by atoms with E-state index in [-0.39, 0.29) is 43.7 Å². The van der Waals surface area contributed by atoms with E-state index in [2.05, 4.69) is 5.32 Å². The predicted octanol–water partition coefficient (Wildman–Crippen LogP) is 6.35. The number of rotatable bonds is 16. The number of hydrogen-bond acceptors (Lipinski definition) is 5. The molecule has 0 heterocycles. The molecule has 0 aliphatic rings. The van der Waals surface area contributed by atoms with Crippen molar-refractivity contribution < 1.29 is 22.7 Å². The maximum atomic E-state index is 14.0. The van der Waals surface area contributed by atoms with Gasteiger partial charge in [0, 0.05) is 42.5 Å². The fraction of sp³-hybridized carbons (Fsp3) is 0.394. The van der Waals surface area contributed by atoms with Gasteiger partial charge in [0.2, 0.25) is 21.8 Å². The fourth-order valence-corrected chi connectivity index (χ4v) is 6.12. The molecule has 0 fully saturated rings. The second-order valence-corrected chi connectivity index (χ2v) is 13.7. The van der Waals surface area contributed by atoms with Gasteiger partial charge >= 0.3 is 0 Å². The molecule has 0 radical (unpaired) electrons. The molecule has 1 N–H and O–H groups in total. The second kappa shape index (κ2) is 16.7. The Morgan fingerprint density at radius 1 is 0.977 bits per heavy atom. The molecule has 0 aromatic heterocycles. The highest BCUT2D eigenvalue weighted by atomic mass is 35.5. The van der Waals surface area contributed by atoms with Crippen LogP contribution in [0.1, 0.15) is 44.7 Å². The van der Waals surface area contributed by atoms with Crippen LogP contribution in [0.25, 0.3) is 0 Å². The number of carbonyl (C=O) groups is 2. The van der Waals surface area contributed by atoms with E-state index < -0.39 is 16.1 Å². The van der Waals surface area contributed by atoms with Crippen LogP contribution in [0.2, 0.25) is 10.0 Å². The van der Waals surface area contributed by atoms with Gasteiger partial charge in [-0.1, -0.05) is 73.4 Å². The van der Waals surface area contributed by atoms with Crippen molar-refractivity contribution in [3.05, 3.63) is 94.0 Å². The van der Waals surface area contributed by atoms with Crippen LogP contribution >= 0.6 is 23.2 Å². The number of benzene rings is 3. The summed E-state index contributed by atoms with van der Waals surface area (Å²) in [5.41, 5.74) is 2.02. The van der Waals surface area contributed by atoms with Gasteiger partial charge in [-0.3, -0.25) is 13.9 Å². The van der Waals surface area contributed by atoms with Crippen LogP contribution in [0.4, 0.5) is 5.69 Å². The monoisotopic (exact) mass is 661 g/mol. The number of anilines is 1. The van der Waals surface area contributed by atoms with Gasteiger partial charge in [0.1, 0.15) is 11.8 Å². The van der Waals surface area contributed by atoms with Crippen molar-refractivity contribution >= 4 is 50.7 Å². The first kappa shape index (κ1) is 35.2. The summed E-state index contributed by atoms with van der Waals surface area (Å²) in [4.78, 5) is 29.2. The Labute approximate surface area is 271 Å². The summed E-state index contributed by atoms with van der Waals surface area (Å²) in [5, 5.41) is 3.84. The topological polar surface area (TPSA) is 96.0 Å². The molecule has 44 heavy (non-hydrogen) atoms. The van der Waals surface area contributed by atoms with Crippen LogP contribution < -0.4 is 14.4 Å². The Morgan fingerprint density at radius 2 is 1.66 bits per heavy atom. The normalized spacial score (nSPS) is 12.1. The van der Waals surface area contributed by atoms with Crippen molar-refractivity contribution in [1.82, 2.24) is 10.2 Å². The molecule has 3 aromatic carbocycles. The molecule has 3 aromatic rings. The van der Waals surface area contributed by atoms with Crippen LogP contribution in [-0.2, 0) is 32.6 Å². The molecule has 11 heteroatoms. The third-order valence-electron chi connectivity index (χ3n) is 6.90. The van der Waals surface area contributed by atoms with Crippen LogP contribution in [-0.4, -0.2) is 57.1 Å². The van der Waals surface area contributed by atoms with E-state index in [4.69, 9.17) is 27.9 Å². The molecule has 2 amide bonds. The van der Waals surface area contributed by atoms with Crippen LogP contribution in [0.15, 0.2) is 72.8 Å². The van der Waals surface area contributed by atoms with E-state index in [0.29, 0.717) is 46.6 Å². The van der Waals surface area contributed by atoms with Crippen molar-refractivity contribution in [3.8, 4) is 5.75 Å². The average molecular weight is 663 g/mol. The molecular weight excluding hydrogens is 621 g/mol. The second-order valence-electron chi connectivity index (χ2n) is 11.0. The van der Waals surface area contributed by atoms with E-state index in [1.807, 2.05) is 51.1 Å². The lowest BCUT2D eigenvalue weighted by Gasteiger charge is -2.32. The van der Waals surface area contributed by atoms with Gasteiger partial charge in [0.05, 0.1) is 18.6 Å². The summed E-state index contributed by atoms with van der Waals surface area (Å²) in [5.74, 6) is 0.289. The highest BCUT2D eigenvalue weighted by Crippen LogP contribution is 2.26. The fourth-order valence-electron chi connectivity index (χ4n) is 4.69. The molecule has 0 saturated carbocycles. The summed E-state index contributed by atoms with van der Waals surface area (Å²) in [6.45, 7) is 6.99. The van der Waals surface area contributed by atoms with Gasteiger partial charge in [-0.25, -0.2) is 8.42 Å². The lowest BCUT2D eigenvalue weighted by Crippen LogP contribution is -2.51. The van der Waals surface area contributed by atoms with E-state index in [1.54, 1.807) is 47.4 Å². The quantitative estimate of drug-likeness (QED) is 0.193. The number of carbonyl (C=O) groups excluding carboxylic acids is 2. The van der Waals surface area contributed by atoms with E-state index in [9.17, 15) is 18.0 Å². The SMILES string of the molecule is CCOc1ccc(N(CCCC(=O)N(Cc2ccc(Cl)cc2Cl)[C@H](Cc2ccccc2)C(=O)NCC(C)C)S(C)(=O)=O)cc1. The van der Waals surface area contributed by atoms with E-state index >= 15 is 0 Å². The van der Waals surface area contributed by atoms with Gasteiger partial charge < -0.3 is 15.0 Å². The molecule has 0 aliphatic heterocycles. The van der Waals surface area contributed by atoms with Crippen molar-refractivity contribution in [3.63, 3.8) is 0 Å². The molecule has 0 aliphatic carbocycles. The minimum atomic E-state index is -3.63. The lowest BCUT2D eigenvalue weighted by molar-refractivity contribution is -0.141. The molecular formula is C33H41Cl2N3O5S. The van der Waals surface area contributed by atoms with Gasteiger partial charge in [-0.05, 0) is 66.8 Å². The summed E-state index contributed by atoms with van der Waals surface area (Å²) in [6.07, 6.45) is 1.67. The van der Waals surface area contributed by atoms with Crippen molar-refractivity contribution in [2.24, 2.45) is 5.92 Å². The lowest BCUT2D eigenvalue weighted by atomic mass is 10.0. The van der Waals surface area contributed by atoms with Gasteiger partial charge in [0.25, 0.3) is 0 Å². The van der Waals surface area contributed by atoms with Crippen LogP contribution in [0.3, 0.4) is 0 Å². The summed E-state index contributed by atoms with van der Waals surface area (Å²) < 4.78 is 32.2. The van der Waals surface area contributed by atoms with Crippen molar-refractivity contribution in [1.29, 1.82) is 0 Å². The average Bonchev–Trinajstić information content (AvgIpc) is 2.97. The third kappa shape index (κ3) is 10.7. The summed E-state index contributed by atoms with van der Waals surface area (Å²) in [6, 6.07) is 20.5. The summed E-state index contributed by atoms with van der Waals surface area (Å²) in [7, 11) is -3.63. The zero-order valence-electron chi connectivity index (χ0n) is 25.6. The highest BCUT2D eigenvalue weighted by molar-refractivity contribution is 7.92. The standard InChI is InChI=1S/C33H41Cl2N3O5S/c1-5-43-29-17-15-28(16-18-29)38(44(4,41)42)19-9-12-32(39)37(23-26-13-14-27(34)21-30(26)35)31(33(40)36-22-24(2)3)20-25-10-7-6-8-11-25/h6-8,10-11,13-18,21,24,31H,5,9,12,19-20,22-23H2,1-4H3,(H,36,40)/t31-/m1/s1. The smallest absolute Gasteiger partial charge is 0.243 e. The molecule has 1 atom stereocenters. The number of halogens is 2. The Morgan fingerprint density at radius 3 is 2.25 bits per heavy atom. The van der Waals surface area contributed by atoms with E-state index in [1.165, 1.54) is 4.31 Å². The Balaban J connectivity index is 1.89. The molecule has 8 nitrogen and oxygen atoms in total. The van der Waals surface area contributed by atoms with Gasteiger partial charge in [-0.15, -0.1) is 0 Å². The van der Waals surface area contributed by atoms with Crippen LogP contribution in [0.5, 0.6) is 5.75 Å². The first-order valence-corrected chi connectivity index (χ1v) is 17.2. The van der Waals surface area contributed by atoms with Gasteiger partial charge in [-0.2, -0.15) is 0 Å². The highest BCUT2D eigenvalue weighted by Gasteiger charge is 2.31. The Bertz CT molecular complexity index is 1490. The molecule has 0 spiro atoms. The zero-order chi connectivity index (χ0) is 32.3. The molecule has 0 unspecified atom stereocenters. The Kier molecular flexibility index (Phi) is 13.4. The Hall–Kier alpha value is -3.27. The number of nitrogens with zero attached hydrogens (tertiary/aromatic N) is 2. The largest absolute Gasteiger partial charge is 0.494 e. The molecule has 0 bridgehead atoms. The zero-order valence-corrected chi connectivity index (χ0v) is 28.0. The summed E-state index contributed by atoms with van der Waals surface area (Å²) >= 11 is 12.6. The predicted molar refractivity (Wildman–Crippen MR) is 178 cm³/mol. The minimum absolute atomic E-state index is 0.0109. The third-order valence-corrected chi connectivity index (χ3v) is 8.68. The maximum Gasteiger partial charge on any atom is 0.243 e. The minimum Gasteiger partial charge on any atom is -0.494 e. The van der Waals surface area contributed by atoms with Crippen molar-refractivity contribution in [2.75, 3.05) is 30.3 Å². The number of ether oxygens (including phenoxy) is 1. The molecule has 3 rings (SSSR count). The number of sulfonamides is 1. The first-order chi connectivity index (χ1) is 20.9. The van der Waals surface area contributed by atoms with Gasteiger partial charge in [0.15, 0.2) is 0 Å². The van der Waals surface area contributed by atoms with E-state index in [0.717, 1.165) is 11.8 Å². The van der Waals surface area contributed by atoms with Crippen molar-refractivity contribution in [2.45, 2.75) is 52.6 Å². The maximum absolute atomic E-state index is 14.0. The number of hydrogen-bond donors (Lipinski definition) is 1. The number of amides is 2. The first-order valence-electron chi connectivity index (χ1n) is 14.6. The number of nitrogens with one attached hydrogen (secondary N) is 1. The molecule has 0 saturated heterocycles.